The lowest BCUT2D eigenvalue weighted by molar-refractivity contribution is -0.127. The molecule has 1 saturated heterocycles. The van der Waals surface area contributed by atoms with Gasteiger partial charge in [0.15, 0.2) is 0 Å². The van der Waals surface area contributed by atoms with E-state index in [0.717, 1.165) is 50.3 Å². The molecule has 1 aromatic heterocycles. The van der Waals surface area contributed by atoms with Crippen LogP contribution in [-0.4, -0.2) is 58.4 Å². The monoisotopic (exact) mass is 462 g/mol. The third-order valence-electron chi connectivity index (χ3n) is 7.92. The van der Waals surface area contributed by atoms with Gasteiger partial charge in [0.2, 0.25) is 5.91 Å². The van der Waals surface area contributed by atoms with E-state index >= 15 is 0 Å². The van der Waals surface area contributed by atoms with Crippen LogP contribution >= 0.6 is 0 Å². The molecule has 0 aliphatic carbocycles. The topological polar surface area (TPSA) is 74.7 Å². The minimum Gasteiger partial charge on any atom is -0.353 e. The largest absolute Gasteiger partial charge is 0.353 e. The maximum absolute atomic E-state index is 13.3. The summed E-state index contributed by atoms with van der Waals surface area (Å²) in [6.07, 6.45) is 1.95. The standard InChI is InChI=1S/C27H34N4O3/c1-3-18(2)25(31-17-20-7-4-5-8-22(20)27(31)34)26(33)28-11-12-29-14-19-13-21(16-29)23-9-6-10-24(32)30(23)15-19/h4-10,18-19,21,25H,3,11-17H2,1-2H3,(H,28,33)/t18-,19-,21+,25-/m1/s1. The van der Waals surface area contributed by atoms with E-state index in [4.69, 9.17) is 0 Å². The molecule has 0 radical (unpaired) electrons. The Morgan fingerprint density at radius 1 is 1.09 bits per heavy atom. The Bertz CT molecular complexity index is 1140. The van der Waals surface area contributed by atoms with Gasteiger partial charge < -0.3 is 19.7 Å². The van der Waals surface area contributed by atoms with E-state index < -0.39 is 6.04 Å². The number of carbonyl (C=O) groups is 2. The number of hydrogen-bond acceptors (Lipinski definition) is 4. The van der Waals surface area contributed by atoms with Gasteiger partial charge in [-0.2, -0.15) is 0 Å². The second kappa shape index (κ2) is 9.37. The van der Waals surface area contributed by atoms with E-state index in [9.17, 15) is 14.4 Å². The summed E-state index contributed by atoms with van der Waals surface area (Å²) in [5.74, 6) is 0.794. The molecule has 1 aromatic carbocycles. The number of rotatable bonds is 7. The minimum atomic E-state index is -0.468. The lowest BCUT2D eigenvalue weighted by atomic mass is 9.83. The van der Waals surface area contributed by atoms with Crippen molar-refractivity contribution in [3.63, 3.8) is 0 Å². The van der Waals surface area contributed by atoms with Crippen molar-refractivity contribution in [3.05, 3.63) is 69.6 Å². The summed E-state index contributed by atoms with van der Waals surface area (Å²) >= 11 is 0. The van der Waals surface area contributed by atoms with Crippen LogP contribution < -0.4 is 10.9 Å². The van der Waals surface area contributed by atoms with Crippen molar-refractivity contribution in [1.82, 2.24) is 19.7 Å². The molecule has 2 amide bonds. The third-order valence-corrected chi connectivity index (χ3v) is 7.92. The first-order chi connectivity index (χ1) is 16.5. The number of likely N-dealkylation sites (tertiary alicyclic amines) is 1. The van der Waals surface area contributed by atoms with E-state index in [2.05, 4.69) is 23.2 Å². The predicted octanol–water partition coefficient (Wildman–Crippen LogP) is 2.45. The maximum atomic E-state index is 13.3. The zero-order valence-electron chi connectivity index (χ0n) is 20.1. The van der Waals surface area contributed by atoms with Gasteiger partial charge in [-0.05, 0) is 36.0 Å². The zero-order chi connectivity index (χ0) is 23.8. The van der Waals surface area contributed by atoms with Gasteiger partial charge in [0.05, 0.1) is 0 Å². The van der Waals surface area contributed by atoms with Crippen LogP contribution in [0.4, 0.5) is 0 Å². The van der Waals surface area contributed by atoms with Crippen LogP contribution in [0.3, 0.4) is 0 Å². The Morgan fingerprint density at radius 2 is 1.91 bits per heavy atom. The molecule has 2 aromatic rings. The number of hydrogen-bond donors (Lipinski definition) is 1. The van der Waals surface area contributed by atoms with Crippen LogP contribution in [-0.2, 0) is 17.9 Å². The Hall–Kier alpha value is -2.93. The summed E-state index contributed by atoms with van der Waals surface area (Å²) in [5, 5.41) is 3.13. The van der Waals surface area contributed by atoms with Crippen molar-refractivity contribution in [2.45, 2.75) is 51.7 Å². The second-order valence-corrected chi connectivity index (χ2v) is 10.2. The van der Waals surface area contributed by atoms with Crippen molar-refractivity contribution < 1.29 is 9.59 Å². The fraction of sp³-hybridized carbons (Fsp3) is 0.519. The highest BCUT2D eigenvalue weighted by Gasteiger charge is 2.39. The number of amides is 2. The molecule has 1 fully saturated rings. The molecule has 1 N–H and O–H groups in total. The van der Waals surface area contributed by atoms with Crippen LogP contribution in [0.25, 0.3) is 0 Å². The van der Waals surface area contributed by atoms with Crippen molar-refractivity contribution in [2.24, 2.45) is 11.8 Å². The summed E-state index contributed by atoms with van der Waals surface area (Å²) in [6.45, 7) is 8.57. The van der Waals surface area contributed by atoms with Crippen LogP contribution in [0, 0.1) is 11.8 Å². The van der Waals surface area contributed by atoms with Gasteiger partial charge >= 0.3 is 0 Å². The minimum absolute atomic E-state index is 0.0474. The molecule has 0 spiro atoms. The van der Waals surface area contributed by atoms with Crippen LogP contribution in [0.1, 0.15) is 54.2 Å². The normalized spacial score (nSPS) is 23.2. The number of fused-ring (bicyclic) bond motifs is 5. The number of nitrogens with one attached hydrogen (secondary N) is 1. The Labute approximate surface area is 200 Å². The molecule has 4 heterocycles. The summed E-state index contributed by atoms with van der Waals surface area (Å²) < 4.78 is 1.94. The van der Waals surface area contributed by atoms with Crippen LogP contribution in [0.15, 0.2) is 47.3 Å². The average molecular weight is 463 g/mol. The first kappa shape index (κ1) is 22.8. The highest BCUT2D eigenvalue weighted by molar-refractivity contribution is 6.01. The van der Waals surface area contributed by atoms with E-state index in [1.165, 1.54) is 0 Å². The van der Waals surface area contributed by atoms with Crippen molar-refractivity contribution >= 4 is 11.8 Å². The van der Waals surface area contributed by atoms with Crippen LogP contribution in [0.2, 0.25) is 0 Å². The van der Waals surface area contributed by atoms with Crippen molar-refractivity contribution in [1.29, 1.82) is 0 Å². The van der Waals surface area contributed by atoms with Crippen LogP contribution in [0.5, 0.6) is 0 Å². The third kappa shape index (κ3) is 4.17. The Balaban J connectivity index is 1.21. The van der Waals surface area contributed by atoms with Gasteiger partial charge in [-0.15, -0.1) is 0 Å². The zero-order valence-corrected chi connectivity index (χ0v) is 20.1. The van der Waals surface area contributed by atoms with Gasteiger partial charge in [0.25, 0.3) is 11.5 Å². The van der Waals surface area contributed by atoms with Gasteiger partial charge in [-0.25, -0.2) is 0 Å². The first-order valence-electron chi connectivity index (χ1n) is 12.5. The highest BCUT2D eigenvalue weighted by Crippen LogP contribution is 2.34. The average Bonchev–Trinajstić information content (AvgIpc) is 3.16. The van der Waals surface area contributed by atoms with Crippen molar-refractivity contribution in [3.8, 4) is 0 Å². The number of pyridine rings is 1. The first-order valence-corrected chi connectivity index (χ1v) is 12.5. The van der Waals surface area contributed by atoms with Gasteiger partial charge in [-0.1, -0.05) is 44.5 Å². The Kier molecular flexibility index (Phi) is 6.30. The van der Waals surface area contributed by atoms with Gasteiger partial charge in [0, 0.05) is 62.5 Å². The van der Waals surface area contributed by atoms with E-state index in [1.54, 1.807) is 11.0 Å². The predicted molar refractivity (Wildman–Crippen MR) is 131 cm³/mol. The molecule has 2 bridgehead atoms. The lowest BCUT2D eigenvalue weighted by Gasteiger charge is -2.42. The number of piperidine rings is 1. The molecule has 3 aliphatic rings. The van der Waals surface area contributed by atoms with E-state index in [0.29, 0.717) is 30.5 Å². The molecule has 7 heteroatoms. The smallest absolute Gasteiger partial charge is 0.255 e. The van der Waals surface area contributed by atoms with Gasteiger partial charge in [-0.3, -0.25) is 14.4 Å². The molecular weight excluding hydrogens is 428 g/mol. The number of nitrogens with zero attached hydrogens (tertiary/aromatic N) is 3. The van der Waals surface area contributed by atoms with Gasteiger partial charge in [0.1, 0.15) is 6.04 Å². The summed E-state index contributed by atoms with van der Waals surface area (Å²) in [4.78, 5) is 42.7. The molecule has 5 rings (SSSR count). The molecule has 180 valence electrons. The van der Waals surface area contributed by atoms with E-state index in [1.807, 2.05) is 41.8 Å². The summed E-state index contributed by atoms with van der Waals surface area (Å²) in [6, 6.07) is 12.8. The summed E-state index contributed by atoms with van der Waals surface area (Å²) in [5.41, 5.74) is 2.94. The maximum Gasteiger partial charge on any atom is 0.255 e. The second-order valence-electron chi connectivity index (χ2n) is 10.2. The fourth-order valence-corrected chi connectivity index (χ4v) is 6.05. The number of carbonyl (C=O) groups excluding carboxylic acids is 2. The molecule has 0 unspecified atom stereocenters. The Morgan fingerprint density at radius 3 is 2.71 bits per heavy atom. The number of aromatic nitrogens is 1. The molecule has 7 nitrogen and oxygen atoms in total. The molecule has 0 saturated carbocycles. The molecule has 34 heavy (non-hydrogen) atoms. The molecule has 4 atom stereocenters. The molecule has 3 aliphatic heterocycles. The fourth-order valence-electron chi connectivity index (χ4n) is 6.05. The molecular formula is C27H34N4O3. The number of benzene rings is 1. The van der Waals surface area contributed by atoms with E-state index in [-0.39, 0.29) is 23.3 Å². The highest BCUT2D eigenvalue weighted by atomic mass is 16.2. The lowest BCUT2D eigenvalue weighted by Crippen LogP contribution is -2.52. The SMILES string of the molecule is CC[C@@H](C)[C@H](C(=O)NCCN1C[C@H]2C[C@@H](C1)c1cccc(=O)n1C2)N1Cc2ccccc2C1=O. The summed E-state index contributed by atoms with van der Waals surface area (Å²) in [7, 11) is 0. The quantitative estimate of drug-likeness (QED) is 0.686. The van der Waals surface area contributed by atoms with Crippen molar-refractivity contribution in [2.75, 3.05) is 26.2 Å².